The van der Waals surface area contributed by atoms with Crippen molar-refractivity contribution in [3.63, 3.8) is 0 Å². The molecule has 0 bridgehead atoms. The smallest absolute Gasteiger partial charge is 0.412 e. The number of anilines is 1. The molecule has 9 heteroatoms. The lowest BCUT2D eigenvalue weighted by Crippen LogP contribution is -2.27. The van der Waals surface area contributed by atoms with E-state index in [0.29, 0.717) is 5.69 Å². The molecule has 0 aliphatic rings. The van der Waals surface area contributed by atoms with E-state index in [1.54, 1.807) is 26.8 Å². The number of hydrogen-bond acceptors (Lipinski definition) is 6. The van der Waals surface area contributed by atoms with E-state index in [9.17, 15) is 14.9 Å². The minimum atomic E-state index is -0.613. The molecule has 0 aliphatic carbocycles. The standard InChI is InChI=1S/C16H16ClN3O5/c1-16(2,3)25-15(21)19-10-4-6-13(12(17)8-10)24-14-7-5-11(9-18-14)20(22)23/h4-9H,1-3H3,(H,19,21). The summed E-state index contributed by atoms with van der Waals surface area (Å²) in [5, 5.41) is 13.4. The molecular weight excluding hydrogens is 350 g/mol. The molecule has 1 aromatic carbocycles. The topological polar surface area (TPSA) is 104 Å². The highest BCUT2D eigenvalue weighted by Crippen LogP contribution is 2.31. The first-order valence-corrected chi connectivity index (χ1v) is 7.60. The second kappa shape index (κ2) is 7.35. The fourth-order valence-corrected chi connectivity index (χ4v) is 1.96. The third-order valence-corrected chi connectivity index (χ3v) is 3.02. The van der Waals surface area contributed by atoms with Gasteiger partial charge in [0.25, 0.3) is 5.69 Å². The molecule has 0 radical (unpaired) electrons. The Morgan fingerprint density at radius 2 is 2.00 bits per heavy atom. The van der Waals surface area contributed by atoms with Crippen LogP contribution in [0.1, 0.15) is 20.8 Å². The molecule has 1 N–H and O–H groups in total. The first-order valence-electron chi connectivity index (χ1n) is 7.22. The number of pyridine rings is 1. The Balaban J connectivity index is 2.06. The summed E-state index contributed by atoms with van der Waals surface area (Å²) >= 11 is 6.12. The zero-order valence-corrected chi connectivity index (χ0v) is 14.5. The molecule has 0 saturated heterocycles. The van der Waals surface area contributed by atoms with Crippen LogP contribution in [0, 0.1) is 10.1 Å². The third-order valence-electron chi connectivity index (χ3n) is 2.72. The molecule has 0 fully saturated rings. The highest BCUT2D eigenvalue weighted by molar-refractivity contribution is 6.32. The number of nitrogens with one attached hydrogen (secondary N) is 1. The first kappa shape index (κ1) is 18.5. The van der Waals surface area contributed by atoms with E-state index in [2.05, 4.69) is 10.3 Å². The molecular formula is C16H16ClN3O5. The zero-order valence-electron chi connectivity index (χ0n) is 13.8. The average molecular weight is 366 g/mol. The van der Waals surface area contributed by atoms with Crippen molar-refractivity contribution >= 4 is 29.1 Å². The quantitative estimate of drug-likeness (QED) is 0.617. The molecule has 0 atom stereocenters. The molecule has 0 aliphatic heterocycles. The van der Waals surface area contributed by atoms with Crippen molar-refractivity contribution in [2.45, 2.75) is 26.4 Å². The number of rotatable bonds is 4. The van der Waals surface area contributed by atoms with Crippen LogP contribution < -0.4 is 10.1 Å². The number of hydrogen-bond donors (Lipinski definition) is 1. The van der Waals surface area contributed by atoms with Crippen LogP contribution in [0.5, 0.6) is 11.6 Å². The van der Waals surface area contributed by atoms with Gasteiger partial charge in [-0.1, -0.05) is 11.6 Å². The maximum atomic E-state index is 11.7. The predicted octanol–water partition coefficient (Wildman–Crippen LogP) is 4.78. The Morgan fingerprint density at radius 1 is 1.28 bits per heavy atom. The molecule has 0 saturated carbocycles. The van der Waals surface area contributed by atoms with Gasteiger partial charge in [0.15, 0.2) is 0 Å². The molecule has 1 heterocycles. The number of carbonyl (C=O) groups excluding carboxylic acids is 1. The highest BCUT2D eigenvalue weighted by Gasteiger charge is 2.16. The van der Waals surface area contributed by atoms with Crippen LogP contribution >= 0.6 is 11.6 Å². The van der Waals surface area contributed by atoms with Gasteiger partial charge in [0.05, 0.1) is 9.95 Å². The van der Waals surface area contributed by atoms with Crippen molar-refractivity contribution in [2.24, 2.45) is 0 Å². The Morgan fingerprint density at radius 3 is 2.52 bits per heavy atom. The lowest BCUT2D eigenvalue weighted by molar-refractivity contribution is -0.385. The number of benzene rings is 1. The van der Waals surface area contributed by atoms with Crippen molar-refractivity contribution < 1.29 is 19.2 Å². The van der Waals surface area contributed by atoms with E-state index in [4.69, 9.17) is 21.1 Å². The molecule has 132 valence electrons. The Labute approximate surface area is 148 Å². The van der Waals surface area contributed by atoms with Crippen LogP contribution in [0.3, 0.4) is 0 Å². The van der Waals surface area contributed by atoms with Gasteiger partial charge in [-0.25, -0.2) is 9.78 Å². The monoisotopic (exact) mass is 365 g/mol. The minimum absolute atomic E-state index is 0.143. The van der Waals surface area contributed by atoms with Gasteiger partial charge in [0, 0.05) is 17.8 Å². The second-order valence-electron chi connectivity index (χ2n) is 5.99. The fraction of sp³-hybridized carbons (Fsp3) is 0.250. The molecule has 1 aromatic heterocycles. The van der Waals surface area contributed by atoms with E-state index in [-0.39, 0.29) is 22.3 Å². The average Bonchev–Trinajstić information content (AvgIpc) is 2.48. The largest absolute Gasteiger partial charge is 0.444 e. The summed E-state index contributed by atoms with van der Waals surface area (Å²) in [5.74, 6) is 0.443. The van der Waals surface area contributed by atoms with Crippen molar-refractivity contribution in [1.82, 2.24) is 4.98 Å². The number of ether oxygens (including phenoxy) is 2. The van der Waals surface area contributed by atoms with Gasteiger partial charge in [-0.05, 0) is 39.0 Å². The molecule has 25 heavy (non-hydrogen) atoms. The summed E-state index contributed by atoms with van der Waals surface area (Å²) in [7, 11) is 0. The molecule has 8 nitrogen and oxygen atoms in total. The fourth-order valence-electron chi connectivity index (χ4n) is 1.74. The van der Waals surface area contributed by atoms with E-state index in [1.807, 2.05) is 0 Å². The number of halogens is 1. The number of aromatic nitrogens is 1. The summed E-state index contributed by atoms with van der Waals surface area (Å²) < 4.78 is 10.6. The van der Waals surface area contributed by atoms with Crippen LogP contribution in [0.4, 0.5) is 16.2 Å². The van der Waals surface area contributed by atoms with Crippen LogP contribution in [0.2, 0.25) is 5.02 Å². The molecule has 0 unspecified atom stereocenters. The summed E-state index contributed by atoms with van der Waals surface area (Å²) in [6.45, 7) is 5.27. The maximum Gasteiger partial charge on any atom is 0.412 e. The summed E-state index contributed by atoms with van der Waals surface area (Å²) in [6.07, 6.45) is 0.482. The summed E-state index contributed by atoms with van der Waals surface area (Å²) in [6, 6.07) is 7.25. The third kappa shape index (κ3) is 5.61. The number of nitrogens with zero attached hydrogens (tertiary/aromatic N) is 2. The van der Waals surface area contributed by atoms with Gasteiger partial charge >= 0.3 is 6.09 Å². The van der Waals surface area contributed by atoms with Gasteiger partial charge in [-0.2, -0.15) is 0 Å². The van der Waals surface area contributed by atoms with Gasteiger partial charge in [0.2, 0.25) is 5.88 Å². The lowest BCUT2D eigenvalue weighted by Gasteiger charge is -2.19. The Kier molecular flexibility index (Phi) is 5.43. The van der Waals surface area contributed by atoms with Gasteiger partial charge in [-0.15, -0.1) is 0 Å². The predicted molar refractivity (Wildman–Crippen MR) is 92.3 cm³/mol. The van der Waals surface area contributed by atoms with E-state index < -0.39 is 16.6 Å². The normalized spacial score (nSPS) is 10.9. The van der Waals surface area contributed by atoms with Crippen LogP contribution in [-0.2, 0) is 4.74 Å². The number of nitro groups is 1. The van der Waals surface area contributed by atoms with Crippen molar-refractivity contribution in [2.75, 3.05) is 5.32 Å². The van der Waals surface area contributed by atoms with Crippen LogP contribution in [0.15, 0.2) is 36.5 Å². The Hall–Kier alpha value is -2.87. The minimum Gasteiger partial charge on any atom is -0.444 e. The molecule has 1 amide bonds. The summed E-state index contributed by atoms with van der Waals surface area (Å²) in [4.78, 5) is 25.6. The van der Waals surface area contributed by atoms with Crippen molar-refractivity contribution in [3.8, 4) is 11.6 Å². The molecule has 2 rings (SSSR count). The van der Waals surface area contributed by atoms with Crippen LogP contribution in [-0.4, -0.2) is 21.6 Å². The van der Waals surface area contributed by atoms with Gasteiger partial charge in [0.1, 0.15) is 17.5 Å². The SMILES string of the molecule is CC(C)(C)OC(=O)Nc1ccc(Oc2ccc([N+](=O)[O-])cn2)c(Cl)c1. The van der Waals surface area contributed by atoms with Gasteiger partial charge < -0.3 is 9.47 Å². The van der Waals surface area contributed by atoms with Crippen molar-refractivity contribution in [3.05, 3.63) is 51.7 Å². The van der Waals surface area contributed by atoms with E-state index in [0.717, 1.165) is 6.20 Å². The second-order valence-corrected chi connectivity index (χ2v) is 6.39. The molecule has 0 spiro atoms. The van der Waals surface area contributed by atoms with E-state index in [1.165, 1.54) is 24.3 Å². The number of carbonyl (C=O) groups is 1. The first-order chi connectivity index (χ1) is 11.6. The van der Waals surface area contributed by atoms with Crippen molar-refractivity contribution in [1.29, 1.82) is 0 Å². The Bertz CT molecular complexity index is 787. The zero-order chi connectivity index (χ0) is 18.6. The highest BCUT2D eigenvalue weighted by atomic mass is 35.5. The molecule has 2 aromatic rings. The summed E-state index contributed by atoms with van der Waals surface area (Å²) in [5.41, 5.74) is -0.322. The number of amides is 1. The van der Waals surface area contributed by atoms with Crippen LogP contribution in [0.25, 0.3) is 0 Å². The van der Waals surface area contributed by atoms with E-state index >= 15 is 0 Å². The maximum absolute atomic E-state index is 11.7. The van der Waals surface area contributed by atoms with Gasteiger partial charge in [-0.3, -0.25) is 15.4 Å². The lowest BCUT2D eigenvalue weighted by atomic mass is 10.2.